The molecule has 3 rings (SSSR count). The maximum absolute atomic E-state index is 12.7. The fourth-order valence-corrected chi connectivity index (χ4v) is 3.70. The predicted molar refractivity (Wildman–Crippen MR) is 79.6 cm³/mol. The van der Waals surface area contributed by atoms with Crippen molar-refractivity contribution < 1.29 is 14.3 Å². The van der Waals surface area contributed by atoms with Gasteiger partial charge in [-0.1, -0.05) is 13.0 Å². The number of fused-ring (bicyclic) bond motifs is 1. The van der Waals surface area contributed by atoms with E-state index in [-0.39, 0.29) is 17.7 Å². The second-order valence-electron chi connectivity index (χ2n) is 5.92. The van der Waals surface area contributed by atoms with Crippen molar-refractivity contribution >= 4 is 11.7 Å². The fraction of sp³-hybridized carbons (Fsp3) is 0.529. The molecular formula is C17H21NO3. The van der Waals surface area contributed by atoms with Crippen LogP contribution in [0, 0.1) is 6.92 Å². The number of hydrogen-bond donors (Lipinski definition) is 0. The van der Waals surface area contributed by atoms with Gasteiger partial charge in [0, 0.05) is 12.1 Å². The van der Waals surface area contributed by atoms with Gasteiger partial charge < -0.3 is 9.64 Å². The van der Waals surface area contributed by atoms with Gasteiger partial charge in [0.15, 0.2) is 5.78 Å². The zero-order valence-corrected chi connectivity index (χ0v) is 12.8. The average molecular weight is 287 g/mol. The molecule has 0 aromatic heterocycles. The molecule has 0 N–H and O–H groups in total. The molecule has 2 heterocycles. The van der Waals surface area contributed by atoms with Gasteiger partial charge in [-0.05, 0) is 43.4 Å². The number of carbonyl (C=O) groups excluding carboxylic acids is 2. The third-order valence-corrected chi connectivity index (χ3v) is 4.66. The van der Waals surface area contributed by atoms with Gasteiger partial charge in [0.1, 0.15) is 11.7 Å². The smallest absolute Gasteiger partial charge is 0.238 e. The standard InChI is InChI=1S/C17H21NO3/c1-4-11-8-10(2)9-13(21-3)14(11)15-16(19)12-6-5-7-18(12)17(15)20/h8-9,12,15H,4-7H2,1-3H3. The number of nitrogens with zero attached hydrogens (tertiary/aromatic N) is 1. The summed E-state index contributed by atoms with van der Waals surface area (Å²) in [6.45, 7) is 4.76. The van der Waals surface area contributed by atoms with Crippen molar-refractivity contribution in [2.24, 2.45) is 0 Å². The van der Waals surface area contributed by atoms with Gasteiger partial charge in [0.25, 0.3) is 0 Å². The molecule has 4 nitrogen and oxygen atoms in total. The summed E-state index contributed by atoms with van der Waals surface area (Å²) in [7, 11) is 1.60. The molecule has 1 aromatic carbocycles. The first kappa shape index (κ1) is 14.1. The van der Waals surface area contributed by atoms with Gasteiger partial charge in [0.2, 0.25) is 5.91 Å². The number of methoxy groups -OCH3 is 1. The van der Waals surface area contributed by atoms with E-state index < -0.39 is 5.92 Å². The van der Waals surface area contributed by atoms with Crippen molar-refractivity contribution in [3.8, 4) is 5.75 Å². The normalized spacial score (nSPS) is 24.6. The minimum atomic E-state index is -0.666. The molecule has 0 saturated carbocycles. The van der Waals surface area contributed by atoms with Crippen molar-refractivity contribution in [1.82, 2.24) is 4.90 Å². The van der Waals surface area contributed by atoms with Crippen molar-refractivity contribution in [2.45, 2.75) is 45.1 Å². The van der Waals surface area contributed by atoms with Gasteiger partial charge in [-0.3, -0.25) is 9.59 Å². The Bertz CT molecular complexity index is 561. The number of ketones is 1. The lowest BCUT2D eigenvalue weighted by Gasteiger charge is -2.18. The summed E-state index contributed by atoms with van der Waals surface area (Å²) >= 11 is 0. The maximum atomic E-state index is 12.7. The quantitative estimate of drug-likeness (QED) is 0.801. The summed E-state index contributed by atoms with van der Waals surface area (Å²) in [5.41, 5.74) is 2.92. The number of ether oxygens (including phenoxy) is 1. The highest BCUT2D eigenvalue weighted by Gasteiger charge is 2.51. The van der Waals surface area contributed by atoms with Gasteiger partial charge >= 0.3 is 0 Å². The van der Waals surface area contributed by atoms with Crippen molar-refractivity contribution in [3.05, 3.63) is 28.8 Å². The van der Waals surface area contributed by atoms with Crippen LogP contribution in [0.15, 0.2) is 12.1 Å². The number of carbonyl (C=O) groups is 2. The van der Waals surface area contributed by atoms with Crippen LogP contribution in [0.1, 0.15) is 42.4 Å². The molecule has 0 radical (unpaired) electrons. The molecule has 2 saturated heterocycles. The van der Waals surface area contributed by atoms with E-state index in [2.05, 4.69) is 6.07 Å². The van der Waals surface area contributed by atoms with Crippen LogP contribution in [0.4, 0.5) is 0 Å². The Hall–Kier alpha value is -1.84. The van der Waals surface area contributed by atoms with Crippen LogP contribution in [-0.2, 0) is 16.0 Å². The maximum Gasteiger partial charge on any atom is 0.238 e. The third-order valence-electron chi connectivity index (χ3n) is 4.66. The number of amides is 1. The summed E-state index contributed by atoms with van der Waals surface area (Å²) in [5.74, 6) is 0.00855. The molecule has 2 unspecified atom stereocenters. The van der Waals surface area contributed by atoms with Gasteiger partial charge in [-0.25, -0.2) is 0 Å². The van der Waals surface area contributed by atoms with E-state index in [0.29, 0.717) is 12.3 Å². The summed E-state index contributed by atoms with van der Waals surface area (Å²) in [6, 6.07) is 3.76. The lowest BCUT2D eigenvalue weighted by atomic mass is 9.87. The molecule has 112 valence electrons. The van der Waals surface area contributed by atoms with Crippen LogP contribution < -0.4 is 4.74 Å². The van der Waals surface area contributed by atoms with Gasteiger partial charge in [0.05, 0.1) is 13.2 Å². The number of hydrogen-bond acceptors (Lipinski definition) is 3. The van der Waals surface area contributed by atoms with E-state index in [9.17, 15) is 9.59 Å². The van der Waals surface area contributed by atoms with Gasteiger partial charge in [-0.15, -0.1) is 0 Å². The average Bonchev–Trinajstić information content (AvgIpc) is 3.04. The van der Waals surface area contributed by atoms with Crippen molar-refractivity contribution in [1.29, 1.82) is 0 Å². The highest BCUT2D eigenvalue weighted by atomic mass is 16.5. The Labute approximate surface area is 125 Å². The first-order chi connectivity index (χ1) is 10.1. The molecule has 2 atom stereocenters. The van der Waals surface area contributed by atoms with Crippen LogP contribution in [-0.4, -0.2) is 36.3 Å². The molecule has 2 aliphatic heterocycles. The Kier molecular flexibility index (Phi) is 3.47. The first-order valence-electron chi connectivity index (χ1n) is 7.60. The molecular weight excluding hydrogens is 266 g/mol. The van der Waals surface area contributed by atoms with E-state index in [4.69, 9.17) is 4.74 Å². The van der Waals surface area contributed by atoms with E-state index >= 15 is 0 Å². The largest absolute Gasteiger partial charge is 0.496 e. The third kappa shape index (κ3) is 2.04. The van der Waals surface area contributed by atoms with Crippen LogP contribution in [0.3, 0.4) is 0 Å². The molecule has 1 amide bonds. The zero-order chi connectivity index (χ0) is 15.1. The molecule has 4 heteroatoms. The molecule has 0 spiro atoms. The highest BCUT2D eigenvalue weighted by Crippen LogP contribution is 2.41. The van der Waals surface area contributed by atoms with Crippen molar-refractivity contribution in [3.63, 3.8) is 0 Å². The first-order valence-corrected chi connectivity index (χ1v) is 7.60. The molecule has 1 aromatic rings. The second-order valence-corrected chi connectivity index (χ2v) is 5.92. The highest BCUT2D eigenvalue weighted by molar-refractivity contribution is 6.15. The molecule has 21 heavy (non-hydrogen) atoms. The summed E-state index contributed by atoms with van der Waals surface area (Å²) in [5, 5.41) is 0. The summed E-state index contributed by atoms with van der Waals surface area (Å²) in [4.78, 5) is 27.1. The van der Waals surface area contributed by atoms with Gasteiger partial charge in [-0.2, -0.15) is 0 Å². The van der Waals surface area contributed by atoms with Crippen molar-refractivity contribution in [2.75, 3.05) is 13.7 Å². The summed E-state index contributed by atoms with van der Waals surface area (Å²) < 4.78 is 5.48. The number of rotatable bonds is 3. The lowest BCUT2D eigenvalue weighted by Crippen LogP contribution is -2.29. The topological polar surface area (TPSA) is 46.6 Å². The van der Waals surface area contributed by atoms with Crippen LogP contribution in [0.5, 0.6) is 5.75 Å². The van der Waals surface area contributed by atoms with E-state index in [1.54, 1.807) is 12.0 Å². The molecule has 0 bridgehead atoms. The van der Waals surface area contributed by atoms with Crippen LogP contribution in [0.2, 0.25) is 0 Å². The monoisotopic (exact) mass is 287 g/mol. The number of benzene rings is 1. The SMILES string of the molecule is CCc1cc(C)cc(OC)c1C1C(=O)C2CCCN2C1=O. The molecule has 2 fully saturated rings. The zero-order valence-electron chi connectivity index (χ0n) is 12.8. The molecule has 2 aliphatic rings. The van der Waals surface area contributed by atoms with Crippen LogP contribution >= 0.6 is 0 Å². The molecule has 0 aliphatic carbocycles. The number of Topliss-reactive ketones (excluding diaryl/α,β-unsaturated/α-hetero) is 1. The van der Waals surface area contributed by atoms with Crippen LogP contribution in [0.25, 0.3) is 0 Å². The summed E-state index contributed by atoms with van der Waals surface area (Å²) in [6.07, 6.45) is 2.52. The van der Waals surface area contributed by atoms with E-state index in [1.165, 1.54) is 0 Å². The van der Waals surface area contributed by atoms with E-state index in [1.807, 2.05) is 19.9 Å². The second kappa shape index (κ2) is 5.17. The predicted octanol–water partition coefficient (Wildman–Crippen LogP) is 2.22. The Balaban J connectivity index is 2.12. The Morgan fingerprint density at radius 2 is 2.10 bits per heavy atom. The Morgan fingerprint density at radius 3 is 2.71 bits per heavy atom. The lowest BCUT2D eigenvalue weighted by molar-refractivity contribution is -0.129. The Morgan fingerprint density at radius 1 is 1.33 bits per heavy atom. The minimum absolute atomic E-state index is 0.0423. The minimum Gasteiger partial charge on any atom is -0.496 e. The van der Waals surface area contributed by atoms with E-state index in [0.717, 1.165) is 36.0 Å². The number of aryl methyl sites for hydroxylation is 2. The fourth-order valence-electron chi connectivity index (χ4n) is 3.70.